The van der Waals surface area contributed by atoms with Gasteiger partial charge in [0.05, 0.1) is 19.3 Å². The first kappa shape index (κ1) is 23.0. The van der Waals surface area contributed by atoms with Crippen LogP contribution in [0, 0.1) is 5.82 Å². The van der Waals surface area contributed by atoms with E-state index >= 15 is 0 Å². The van der Waals surface area contributed by atoms with E-state index in [2.05, 4.69) is 20.3 Å². The molecule has 0 radical (unpaired) electrons. The lowest BCUT2D eigenvalue weighted by Gasteiger charge is -2.34. The molecule has 1 aromatic carbocycles. The summed E-state index contributed by atoms with van der Waals surface area (Å²) >= 11 is 1.71. The van der Waals surface area contributed by atoms with Crippen molar-refractivity contribution in [2.45, 2.75) is 11.9 Å². The molecule has 9 heteroatoms. The van der Waals surface area contributed by atoms with Crippen molar-refractivity contribution in [2.75, 3.05) is 39.0 Å². The molecule has 1 aliphatic heterocycles. The molecule has 1 aromatic heterocycles. The summed E-state index contributed by atoms with van der Waals surface area (Å²) in [6.45, 7) is 2.98. The van der Waals surface area contributed by atoms with Crippen LogP contribution in [0.2, 0.25) is 0 Å². The zero-order valence-electron chi connectivity index (χ0n) is 16.2. The third-order valence-corrected chi connectivity index (χ3v) is 5.43. The van der Waals surface area contributed by atoms with Crippen LogP contribution in [0.5, 0.6) is 0 Å². The fourth-order valence-electron chi connectivity index (χ4n) is 3.01. The number of nitrogens with zero attached hydrogens (tertiary/aromatic N) is 4. The minimum Gasteiger partial charge on any atom is -0.370 e. The van der Waals surface area contributed by atoms with Crippen molar-refractivity contribution in [3.8, 4) is 0 Å². The van der Waals surface area contributed by atoms with Gasteiger partial charge in [-0.2, -0.15) is 16.9 Å². The van der Waals surface area contributed by atoms with Gasteiger partial charge < -0.3 is 15.0 Å². The van der Waals surface area contributed by atoms with E-state index < -0.39 is 0 Å². The van der Waals surface area contributed by atoms with E-state index in [1.807, 2.05) is 31.6 Å². The van der Waals surface area contributed by atoms with Crippen LogP contribution in [0.3, 0.4) is 0 Å². The van der Waals surface area contributed by atoms with Gasteiger partial charge in [-0.1, -0.05) is 18.2 Å². The Bertz CT molecular complexity index is 772. The Kier molecular flexibility index (Phi) is 9.52. The van der Waals surface area contributed by atoms with Gasteiger partial charge in [-0.05, 0) is 11.6 Å². The number of ether oxygens (including phenoxy) is 1. The van der Waals surface area contributed by atoms with Crippen molar-refractivity contribution in [1.82, 2.24) is 20.0 Å². The van der Waals surface area contributed by atoms with E-state index in [4.69, 9.17) is 4.74 Å². The van der Waals surface area contributed by atoms with Crippen LogP contribution in [0.4, 0.5) is 4.39 Å². The summed E-state index contributed by atoms with van der Waals surface area (Å²) in [5.41, 5.74) is 1.83. The van der Waals surface area contributed by atoms with Gasteiger partial charge in [-0.25, -0.2) is 4.39 Å². The first-order valence-electron chi connectivity index (χ1n) is 9.04. The SMILES string of the molecule is CN=C(NCCSCc1ccccc1F)N1CCOC(c2cnn(C)c2)C1.I. The molecule has 0 spiro atoms. The molecular formula is C19H27FIN5OS. The Hall–Kier alpha value is -1.33. The van der Waals surface area contributed by atoms with Gasteiger partial charge in [0.1, 0.15) is 11.9 Å². The number of rotatable bonds is 6. The van der Waals surface area contributed by atoms with Gasteiger partial charge >= 0.3 is 0 Å². The molecule has 3 rings (SSSR count). The zero-order valence-corrected chi connectivity index (χ0v) is 19.3. The molecule has 2 heterocycles. The lowest BCUT2D eigenvalue weighted by molar-refractivity contribution is -0.00798. The van der Waals surface area contributed by atoms with Gasteiger partial charge in [0, 0.05) is 50.5 Å². The molecule has 1 unspecified atom stereocenters. The van der Waals surface area contributed by atoms with Gasteiger partial charge in [0.25, 0.3) is 0 Å². The number of guanidine groups is 1. The normalized spacial score (nSPS) is 17.3. The van der Waals surface area contributed by atoms with Crippen molar-refractivity contribution < 1.29 is 9.13 Å². The second kappa shape index (κ2) is 11.6. The maximum Gasteiger partial charge on any atom is 0.193 e. The number of benzene rings is 1. The van der Waals surface area contributed by atoms with Crippen LogP contribution in [-0.2, 0) is 17.5 Å². The third kappa shape index (κ3) is 6.35. The Morgan fingerprint density at radius 2 is 2.25 bits per heavy atom. The van der Waals surface area contributed by atoms with Crippen molar-refractivity contribution in [3.05, 3.63) is 53.6 Å². The number of thioether (sulfide) groups is 1. The maximum atomic E-state index is 13.6. The quantitative estimate of drug-likeness (QED) is 0.275. The van der Waals surface area contributed by atoms with Gasteiger partial charge in [0.2, 0.25) is 0 Å². The second-order valence-electron chi connectivity index (χ2n) is 6.37. The molecule has 0 saturated carbocycles. The maximum absolute atomic E-state index is 13.6. The smallest absolute Gasteiger partial charge is 0.193 e. The predicted molar refractivity (Wildman–Crippen MR) is 123 cm³/mol. The van der Waals surface area contributed by atoms with Crippen molar-refractivity contribution in [1.29, 1.82) is 0 Å². The van der Waals surface area contributed by atoms with Crippen molar-refractivity contribution >= 4 is 41.7 Å². The molecule has 2 aromatic rings. The highest BCUT2D eigenvalue weighted by molar-refractivity contribution is 14.0. The van der Waals surface area contributed by atoms with E-state index in [9.17, 15) is 4.39 Å². The standard InChI is InChI=1S/C19H26FN5OS.HI/c1-21-19(22-7-10-27-14-15-5-3-4-6-17(15)20)25-8-9-26-18(13-25)16-11-23-24(2)12-16;/h3-6,11-12,18H,7-10,13-14H2,1-2H3,(H,21,22);1H. The van der Waals surface area contributed by atoms with Crippen LogP contribution in [-0.4, -0.2) is 59.7 Å². The third-order valence-electron chi connectivity index (χ3n) is 4.42. The van der Waals surface area contributed by atoms with Gasteiger partial charge in [-0.15, -0.1) is 24.0 Å². The molecule has 1 aliphatic rings. The molecule has 0 aliphatic carbocycles. The molecule has 1 atom stereocenters. The van der Waals surface area contributed by atoms with Crippen molar-refractivity contribution in [2.24, 2.45) is 12.0 Å². The Labute approximate surface area is 186 Å². The predicted octanol–water partition coefficient (Wildman–Crippen LogP) is 3.06. The molecule has 0 bridgehead atoms. The zero-order chi connectivity index (χ0) is 19.1. The van der Waals surface area contributed by atoms with Crippen LogP contribution < -0.4 is 5.32 Å². The first-order valence-corrected chi connectivity index (χ1v) is 10.2. The number of aryl methyl sites for hydroxylation is 1. The number of hydrogen-bond acceptors (Lipinski definition) is 4. The average Bonchev–Trinajstić information content (AvgIpc) is 3.12. The molecule has 0 amide bonds. The average molecular weight is 519 g/mol. The number of aliphatic imine (C=N–C) groups is 1. The van der Waals surface area contributed by atoms with Gasteiger partial charge in [0.15, 0.2) is 5.96 Å². The number of aromatic nitrogens is 2. The first-order chi connectivity index (χ1) is 13.2. The molecule has 6 nitrogen and oxygen atoms in total. The molecule has 1 fully saturated rings. The minimum absolute atomic E-state index is 0. The number of morpholine rings is 1. The van der Waals surface area contributed by atoms with Crippen LogP contribution in [0.1, 0.15) is 17.2 Å². The highest BCUT2D eigenvalue weighted by Gasteiger charge is 2.24. The molecule has 1 saturated heterocycles. The molecule has 28 heavy (non-hydrogen) atoms. The number of halogens is 2. The van der Waals surface area contributed by atoms with Crippen LogP contribution >= 0.6 is 35.7 Å². The van der Waals surface area contributed by atoms with E-state index in [0.29, 0.717) is 12.4 Å². The molecule has 1 N–H and O–H groups in total. The Morgan fingerprint density at radius 3 is 2.96 bits per heavy atom. The van der Waals surface area contributed by atoms with E-state index in [1.54, 1.807) is 29.6 Å². The van der Waals surface area contributed by atoms with Crippen LogP contribution in [0.25, 0.3) is 0 Å². The summed E-state index contributed by atoms with van der Waals surface area (Å²) in [7, 11) is 3.70. The summed E-state index contributed by atoms with van der Waals surface area (Å²) in [6, 6.07) is 6.93. The van der Waals surface area contributed by atoms with Crippen molar-refractivity contribution in [3.63, 3.8) is 0 Å². The summed E-state index contributed by atoms with van der Waals surface area (Å²) in [5, 5.41) is 7.63. The fraction of sp³-hybridized carbons (Fsp3) is 0.474. The minimum atomic E-state index is -0.136. The topological polar surface area (TPSA) is 54.7 Å². The van der Waals surface area contributed by atoms with Crippen LogP contribution in [0.15, 0.2) is 41.7 Å². The number of nitrogens with one attached hydrogen (secondary N) is 1. The van der Waals surface area contributed by atoms with E-state index in [-0.39, 0.29) is 35.9 Å². The lowest BCUT2D eigenvalue weighted by atomic mass is 10.1. The fourth-order valence-corrected chi connectivity index (χ4v) is 3.86. The highest BCUT2D eigenvalue weighted by Crippen LogP contribution is 2.21. The molecular weight excluding hydrogens is 492 g/mol. The van der Waals surface area contributed by atoms with Gasteiger partial charge in [-0.3, -0.25) is 9.67 Å². The summed E-state index contributed by atoms with van der Waals surface area (Å²) < 4.78 is 21.3. The Balaban J connectivity index is 0.00000280. The highest BCUT2D eigenvalue weighted by atomic mass is 127. The lowest BCUT2D eigenvalue weighted by Crippen LogP contribution is -2.48. The van der Waals surface area contributed by atoms with E-state index in [0.717, 1.165) is 42.5 Å². The summed E-state index contributed by atoms with van der Waals surface area (Å²) in [6.07, 6.45) is 3.84. The second-order valence-corrected chi connectivity index (χ2v) is 7.48. The molecule has 154 valence electrons. The summed E-state index contributed by atoms with van der Waals surface area (Å²) in [5.74, 6) is 2.29. The largest absolute Gasteiger partial charge is 0.370 e. The summed E-state index contributed by atoms with van der Waals surface area (Å²) in [4.78, 5) is 6.61. The Morgan fingerprint density at radius 1 is 1.43 bits per heavy atom. The monoisotopic (exact) mass is 519 g/mol. The van der Waals surface area contributed by atoms with E-state index in [1.165, 1.54) is 6.07 Å². The number of hydrogen-bond donors (Lipinski definition) is 1.